The maximum Gasteiger partial charge on any atom is 0.308 e. The van der Waals surface area contributed by atoms with Gasteiger partial charge in [0.2, 0.25) is 5.91 Å². The number of aliphatic carboxylic acids is 1. The number of benzene rings is 1. The second kappa shape index (κ2) is 10.1. The molecule has 0 saturated carbocycles. The summed E-state index contributed by atoms with van der Waals surface area (Å²) >= 11 is 0. The van der Waals surface area contributed by atoms with E-state index in [4.69, 9.17) is 0 Å². The summed E-state index contributed by atoms with van der Waals surface area (Å²) in [6, 6.07) is 11.7. The Balaban J connectivity index is 1.47. The van der Waals surface area contributed by atoms with Gasteiger partial charge < -0.3 is 10.4 Å². The predicted molar refractivity (Wildman–Crippen MR) is 107 cm³/mol. The Morgan fingerprint density at radius 3 is 2.41 bits per heavy atom. The maximum absolute atomic E-state index is 13.7. The van der Waals surface area contributed by atoms with E-state index in [1.54, 1.807) is 12.3 Å². The van der Waals surface area contributed by atoms with Crippen molar-refractivity contribution in [3.63, 3.8) is 0 Å². The molecule has 29 heavy (non-hydrogen) atoms. The number of carbonyl (C=O) groups excluding carboxylic acids is 1. The highest BCUT2D eigenvalue weighted by molar-refractivity contribution is 5.93. The fraction of sp³-hybridized carbons (Fsp3) is 0.381. The minimum atomic E-state index is -1.02. The first-order valence-corrected chi connectivity index (χ1v) is 9.63. The number of halogens is 1. The number of carboxylic acids is 1. The number of rotatable bonds is 8. The van der Waals surface area contributed by atoms with Crippen LogP contribution in [0.1, 0.15) is 12.1 Å². The summed E-state index contributed by atoms with van der Waals surface area (Å²) in [5.74, 6) is -2.92. The number of nitrogens with zero attached hydrogens (tertiary/aromatic N) is 3. The lowest BCUT2D eigenvalue weighted by molar-refractivity contribution is -0.144. The number of nitrogens with one attached hydrogen (secondary N) is 1. The summed E-state index contributed by atoms with van der Waals surface area (Å²) in [4.78, 5) is 32.5. The monoisotopic (exact) mass is 400 g/mol. The standard InChI is InChI=1S/C21H25FN4O3/c22-18-6-1-2-7-19(18)24-20(27)13-16(21(28)29)14-25-9-11-26(12-10-25)15-17-5-3-4-8-23-17/h1-8,16H,9-15H2,(H,24,27)(H,28,29)/t16-/m0/s1. The van der Waals surface area contributed by atoms with Crippen LogP contribution in [0.3, 0.4) is 0 Å². The van der Waals surface area contributed by atoms with Gasteiger partial charge in [0.25, 0.3) is 0 Å². The van der Waals surface area contributed by atoms with E-state index in [0.717, 1.165) is 38.4 Å². The van der Waals surface area contributed by atoms with Gasteiger partial charge in [-0.1, -0.05) is 18.2 Å². The molecule has 0 unspecified atom stereocenters. The van der Waals surface area contributed by atoms with E-state index in [-0.39, 0.29) is 18.7 Å². The van der Waals surface area contributed by atoms with Crippen LogP contribution in [-0.4, -0.2) is 64.5 Å². The van der Waals surface area contributed by atoms with Crippen molar-refractivity contribution >= 4 is 17.6 Å². The highest BCUT2D eigenvalue weighted by Crippen LogP contribution is 2.16. The molecule has 1 aromatic carbocycles. The van der Waals surface area contributed by atoms with Gasteiger partial charge in [0.15, 0.2) is 0 Å². The summed E-state index contributed by atoms with van der Waals surface area (Å²) in [5, 5.41) is 12.0. The van der Waals surface area contributed by atoms with Crippen LogP contribution in [0.5, 0.6) is 0 Å². The van der Waals surface area contributed by atoms with Crippen LogP contribution in [0.25, 0.3) is 0 Å². The Morgan fingerprint density at radius 2 is 1.76 bits per heavy atom. The molecule has 1 amide bonds. The summed E-state index contributed by atoms with van der Waals surface area (Å²) in [5.41, 5.74) is 1.07. The van der Waals surface area contributed by atoms with Gasteiger partial charge >= 0.3 is 5.97 Å². The van der Waals surface area contributed by atoms with E-state index < -0.39 is 23.6 Å². The average molecular weight is 400 g/mol. The zero-order valence-corrected chi connectivity index (χ0v) is 16.1. The van der Waals surface area contributed by atoms with Gasteiger partial charge in [-0.15, -0.1) is 0 Å². The molecular formula is C21H25FN4O3. The van der Waals surface area contributed by atoms with Gasteiger partial charge in [-0.2, -0.15) is 0 Å². The third kappa shape index (κ3) is 6.33. The molecule has 2 N–H and O–H groups in total. The number of pyridine rings is 1. The van der Waals surface area contributed by atoms with Gasteiger partial charge in [0, 0.05) is 51.9 Å². The zero-order valence-electron chi connectivity index (χ0n) is 16.1. The molecule has 1 fully saturated rings. The quantitative estimate of drug-likeness (QED) is 0.706. The van der Waals surface area contributed by atoms with Gasteiger partial charge in [-0.25, -0.2) is 4.39 Å². The van der Waals surface area contributed by atoms with Gasteiger partial charge in [0.05, 0.1) is 17.3 Å². The Labute approximate surface area is 169 Å². The summed E-state index contributed by atoms with van der Waals surface area (Å²) in [7, 11) is 0. The lowest BCUT2D eigenvalue weighted by atomic mass is 10.0. The smallest absolute Gasteiger partial charge is 0.308 e. The van der Waals surface area contributed by atoms with Crippen molar-refractivity contribution in [3.8, 4) is 0 Å². The molecule has 1 aromatic heterocycles. The molecule has 1 aliphatic heterocycles. The van der Waals surface area contributed by atoms with Gasteiger partial charge in [-0.05, 0) is 24.3 Å². The lowest BCUT2D eigenvalue weighted by Gasteiger charge is -2.35. The molecule has 0 aliphatic carbocycles. The summed E-state index contributed by atoms with van der Waals surface area (Å²) in [6.07, 6.45) is 1.58. The second-order valence-electron chi connectivity index (χ2n) is 7.17. The van der Waals surface area contributed by atoms with E-state index in [2.05, 4.69) is 20.1 Å². The molecule has 0 radical (unpaired) electrons. The topological polar surface area (TPSA) is 85.8 Å². The van der Waals surface area contributed by atoms with E-state index >= 15 is 0 Å². The molecule has 2 aromatic rings. The average Bonchev–Trinajstić information content (AvgIpc) is 2.71. The fourth-order valence-electron chi connectivity index (χ4n) is 3.38. The number of carbonyl (C=O) groups is 2. The van der Waals surface area contributed by atoms with Crippen LogP contribution in [0.4, 0.5) is 10.1 Å². The molecule has 3 rings (SSSR count). The third-order valence-electron chi connectivity index (χ3n) is 4.98. The van der Waals surface area contributed by atoms with E-state index in [1.165, 1.54) is 18.2 Å². The number of piperazine rings is 1. The minimum absolute atomic E-state index is 0.0600. The highest BCUT2D eigenvalue weighted by Gasteiger charge is 2.26. The number of aromatic nitrogens is 1. The highest BCUT2D eigenvalue weighted by atomic mass is 19.1. The number of anilines is 1. The Kier molecular flexibility index (Phi) is 7.26. The fourth-order valence-corrected chi connectivity index (χ4v) is 3.38. The number of carboxylic acid groups (broad SMARTS) is 1. The first kappa shape index (κ1) is 20.9. The van der Waals surface area contributed by atoms with Crippen molar-refractivity contribution in [2.24, 2.45) is 5.92 Å². The van der Waals surface area contributed by atoms with Crippen molar-refractivity contribution in [2.75, 3.05) is 38.0 Å². The molecule has 2 heterocycles. The van der Waals surface area contributed by atoms with Crippen molar-refractivity contribution in [2.45, 2.75) is 13.0 Å². The van der Waals surface area contributed by atoms with E-state index in [9.17, 15) is 19.1 Å². The largest absolute Gasteiger partial charge is 0.481 e. The first-order chi connectivity index (χ1) is 14.0. The number of hydrogen-bond donors (Lipinski definition) is 2. The summed E-state index contributed by atoms with van der Waals surface area (Å²) < 4.78 is 13.7. The van der Waals surface area contributed by atoms with Crippen molar-refractivity contribution in [1.82, 2.24) is 14.8 Å². The maximum atomic E-state index is 13.7. The van der Waals surface area contributed by atoms with Gasteiger partial charge in [0.1, 0.15) is 5.82 Å². The van der Waals surface area contributed by atoms with E-state index in [0.29, 0.717) is 0 Å². The lowest BCUT2D eigenvalue weighted by Crippen LogP contribution is -2.48. The SMILES string of the molecule is O=C(C[C@@H](CN1CCN(Cc2ccccn2)CC1)C(=O)O)Nc1ccccc1F. The number of para-hydroxylation sites is 1. The molecular weight excluding hydrogens is 375 g/mol. The minimum Gasteiger partial charge on any atom is -0.481 e. The Morgan fingerprint density at radius 1 is 1.07 bits per heavy atom. The molecule has 0 bridgehead atoms. The summed E-state index contributed by atoms with van der Waals surface area (Å²) in [6.45, 7) is 4.13. The zero-order chi connectivity index (χ0) is 20.6. The molecule has 1 atom stereocenters. The van der Waals surface area contributed by atoms with Crippen LogP contribution in [-0.2, 0) is 16.1 Å². The number of amides is 1. The van der Waals surface area contributed by atoms with Gasteiger partial charge in [-0.3, -0.25) is 24.4 Å². The molecule has 154 valence electrons. The van der Waals surface area contributed by atoms with Crippen molar-refractivity contribution in [3.05, 3.63) is 60.2 Å². The normalized spacial score (nSPS) is 16.3. The van der Waals surface area contributed by atoms with Crippen LogP contribution < -0.4 is 5.32 Å². The molecule has 8 heteroatoms. The molecule has 1 aliphatic rings. The second-order valence-corrected chi connectivity index (χ2v) is 7.17. The Bertz CT molecular complexity index is 826. The van der Waals surface area contributed by atoms with E-state index in [1.807, 2.05) is 18.2 Å². The van der Waals surface area contributed by atoms with Crippen LogP contribution in [0.2, 0.25) is 0 Å². The molecule has 0 spiro atoms. The number of hydrogen-bond acceptors (Lipinski definition) is 5. The van der Waals surface area contributed by atoms with Crippen molar-refractivity contribution < 1.29 is 19.1 Å². The van der Waals surface area contributed by atoms with Crippen LogP contribution in [0, 0.1) is 11.7 Å². The van der Waals surface area contributed by atoms with Crippen LogP contribution in [0.15, 0.2) is 48.7 Å². The predicted octanol–water partition coefficient (Wildman–Crippen LogP) is 2.07. The third-order valence-corrected chi connectivity index (χ3v) is 4.98. The van der Waals surface area contributed by atoms with Crippen LogP contribution >= 0.6 is 0 Å². The van der Waals surface area contributed by atoms with Crippen molar-refractivity contribution in [1.29, 1.82) is 0 Å². The first-order valence-electron chi connectivity index (χ1n) is 9.63. The Hall–Kier alpha value is -2.84. The molecule has 7 nitrogen and oxygen atoms in total. The molecule has 1 saturated heterocycles.